The van der Waals surface area contributed by atoms with Gasteiger partial charge in [-0.25, -0.2) is 5.84 Å². The number of hydrogen-bond donors (Lipinski definition) is 2. The highest BCUT2D eigenvalue weighted by molar-refractivity contribution is 5.79. The van der Waals surface area contributed by atoms with Gasteiger partial charge < -0.3 is 4.90 Å². The summed E-state index contributed by atoms with van der Waals surface area (Å²) >= 11 is 0. The molecular formula is C13H30N4. The van der Waals surface area contributed by atoms with E-state index in [2.05, 4.69) is 49.9 Å². The van der Waals surface area contributed by atoms with Gasteiger partial charge in [0.15, 0.2) is 0 Å². The molecular weight excluding hydrogens is 212 g/mol. The molecule has 0 radical (unpaired) electrons. The predicted octanol–water partition coefficient (Wildman–Crippen LogP) is 2.22. The Labute approximate surface area is 107 Å². The van der Waals surface area contributed by atoms with Crippen LogP contribution < -0.4 is 11.3 Å². The molecule has 4 heteroatoms. The Morgan fingerprint density at radius 2 is 1.71 bits per heavy atom. The lowest BCUT2D eigenvalue weighted by molar-refractivity contribution is 0.318. The zero-order valence-electron chi connectivity index (χ0n) is 12.2. The van der Waals surface area contributed by atoms with Crippen LogP contribution in [0.3, 0.4) is 0 Å². The van der Waals surface area contributed by atoms with Crippen molar-refractivity contribution in [3.05, 3.63) is 0 Å². The third-order valence-electron chi connectivity index (χ3n) is 2.37. The monoisotopic (exact) mass is 242 g/mol. The van der Waals surface area contributed by atoms with Crippen LogP contribution in [-0.2, 0) is 0 Å². The Hall–Kier alpha value is -0.770. The number of nitrogens with two attached hydrogens (primary N) is 1. The Morgan fingerprint density at radius 3 is 2.06 bits per heavy atom. The summed E-state index contributed by atoms with van der Waals surface area (Å²) < 4.78 is 0. The summed E-state index contributed by atoms with van der Waals surface area (Å²) in [6.07, 6.45) is 2.28. The van der Waals surface area contributed by atoms with Crippen molar-refractivity contribution in [2.24, 2.45) is 22.7 Å². The Bertz CT molecular complexity index is 201. The Morgan fingerprint density at radius 1 is 1.18 bits per heavy atom. The van der Waals surface area contributed by atoms with Crippen LogP contribution in [0.4, 0.5) is 0 Å². The van der Waals surface area contributed by atoms with Gasteiger partial charge in [0.1, 0.15) is 0 Å². The fourth-order valence-electron chi connectivity index (χ4n) is 1.71. The fraction of sp³-hybridized carbons (Fsp3) is 0.923. The van der Waals surface area contributed by atoms with Crippen LogP contribution in [-0.4, -0.2) is 30.5 Å². The summed E-state index contributed by atoms with van der Waals surface area (Å²) in [6.45, 7) is 13.9. The van der Waals surface area contributed by atoms with E-state index in [4.69, 9.17) is 5.84 Å². The molecule has 0 amide bonds. The van der Waals surface area contributed by atoms with Crippen LogP contribution in [0.25, 0.3) is 0 Å². The molecule has 3 N–H and O–H groups in total. The van der Waals surface area contributed by atoms with Gasteiger partial charge in [-0.05, 0) is 18.3 Å². The molecule has 0 aromatic carbocycles. The normalized spacial score (nSPS) is 12.4. The number of hydrazine groups is 1. The van der Waals surface area contributed by atoms with Gasteiger partial charge in [0.2, 0.25) is 5.96 Å². The first-order valence-corrected chi connectivity index (χ1v) is 6.77. The summed E-state index contributed by atoms with van der Waals surface area (Å²) in [6, 6.07) is 0. The molecule has 0 aliphatic heterocycles. The highest BCUT2D eigenvalue weighted by Crippen LogP contribution is 2.04. The van der Waals surface area contributed by atoms with E-state index in [-0.39, 0.29) is 0 Å². The second kappa shape index (κ2) is 9.28. The van der Waals surface area contributed by atoms with E-state index in [1.807, 2.05) is 0 Å². The standard InChI is InChI=1S/C13H30N4/c1-6-7-8-15-13(16-14)17(9-11(2)3)10-12(4)5/h11-12H,6-10,14H2,1-5H3,(H,15,16). The summed E-state index contributed by atoms with van der Waals surface area (Å²) in [5.74, 6) is 7.64. The second-order valence-corrected chi connectivity index (χ2v) is 5.40. The van der Waals surface area contributed by atoms with Crippen molar-refractivity contribution in [2.75, 3.05) is 19.6 Å². The number of nitrogens with zero attached hydrogens (tertiary/aromatic N) is 2. The number of nitrogens with one attached hydrogen (secondary N) is 1. The van der Waals surface area contributed by atoms with Crippen molar-refractivity contribution in [1.82, 2.24) is 10.3 Å². The Balaban J connectivity index is 4.53. The average molecular weight is 242 g/mol. The van der Waals surface area contributed by atoms with Crippen LogP contribution in [0, 0.1) is 11.8 Å². The van der Waals surface area contributed by atoms with E-state index < -0.39 is 0 Å². The van der Waals surface area contributed by atoms with Crippen LogP contribution >= 0.6 is 0 Å². The molecule has 0 bridgehead atoms. The maximum atomic E-state index is 5.58. The lowest BCUT2D eigenvalue weighted by Crippen LogP contribution is -2.47. The van der Waals surface area contributed by atoms with Crippen molar-refractivity contribution in [1.29, 1.82) is 0 Å². The first-order valence-electron chi connectivity index (χ1n) is 6.77. The summed E-state index contributed by atoms with van der Waals surface area (Å²) in [7, 11) is 0. The minimum Gasteiger partial charge on any atom is -0.341 e. The maximum absolute atomic E-state index is 5.58. The zero-order chi connectivity index (χ0) is 13.3. The van der Waals surface area contributed by atoms with Crippen molar-refractivity contribution >= 4 is 5.96 Å². The number of guanidine groups is 1. The Kier molecular flexibility index (Phi) is 8.86. The summed E-state index contributed by atoms with van der Waals surface area (Å²) in [5.41, 5.74) is 2.75. The van der Waals surface area contributed by atoms with Crippen molar-refractivity contribution in [3.63, 3.8) is 0 Å². The first-order chi connectivity index (χ1) is 8.01. The minimum absolute atomic E-state index is 0.610. The second-order valence-electron chi connectivity index (χ2n) is 5.40. The molecule has 0 aromatic heterocycles. The van der Waals surface area contributed by atoms with Gasteiger partial charge in [0.25, 0.3) is 0 Å². The third-order valence-corrected chi connectivity index (χ3v) is 2.37. The molecule has 102 valence electrons. The molecule has 0 saturated heterocycles. The van der Waals surface area contributed by atoms with Gasteiger partial charge in [-0.3, -0.25) is 10.4 Å². The number of hydrogen-bond acceptors (Lipinski definition) is 2. The lowest BCUT2D eigenvalue weighted by atomic mass is 10.1. The number of rotatable bonds is 7. The highest BCUT2D eigenvalue weighted by Gasteiger charge is 2.13. The lowest BCUT2D eigenvalue weighted by Gasteiger charge is -2.28. The smallest absolute Gasteiger partial charge is 0.208 e. The van der Waals surface area contributed by atoms with Gasteiger partial charge in [-0.1, -0.05) is 41.0 Å². The molecule has 0 spiro atoms. The van der Waals surface area contributed by atoms with Gasteiger partial charge >= 0.3 is 0 Å². The molecule has 0 heterocycles. The van der Waals surface area contributed by atoms with E-state index in [9.17, 15) is 0 Å². The largest absolute Gasteiger partial charge is 0.341 e. The van der Waals surface area contributed by atoms with E-state index >= 15 is 0 Å². The molecule has 0 aliphatic rings. The molecule has 4 nitrogen and oxygen atoms in total. The summed E-state index contributed by atoms with van der Waals surface area (Å²) in [5, 5.41) is 0. The van der Waals surface area contributed by atoms with E-state index in [1.165, 1.54) is 0 Å². The predicted molar refractivity (Wildman–Crippen MR) is 75.8 cm³/mol. The van der Waals surface area contributed by atoms with Crippen molar-refractivity contribution in [2.45, 2.75) is 47.5 Å². The van der Waals surface area contributed by atoms with Gasteiger partial charge in [0, 0.05) is 19.6 Å². The molecule has 0 atom stereocenters. The average Bonchev–Trinajstić information content (AvgIpc) is 2.22. The molecule has 0 aliphatic carbocycles. The van der Waals surface area contributed by atoms with Gasteiger partial charge in [0.05, 0.1) is 0 Å². The summed E-state index contributed by atoms with van der Waals surface area (Å²) in [4.78, 5) is 6.80. The molecule has 17 heavy (non-hydrogen) atoms. The van der Waals surface area contributed by atoms with Gasteiger partial charge in [-0.2, -0.15) is 0 Å². The quantitative estimate of drug-likeness (QED) is 0.237. The third kappa shape index (κ3) is 8.02. The molecule has 0 aromatic rings. The molecule has 0 saturated carbocycles. The van der Waals surface area contributed by atoms with E-state index in [0.29, 0.717) is 11.8 Å². The van der Waals surface area contributed by atoms with Gasteiger partial charge in [-0.15, -0.1) is 0 Å². The van der Waals surface area contributed by atoms with Crippen molar-refractivity contribution in [3.8, 4) is 0 Å². The first kappa shape index (κ1) is 16.2. The number of unbranched alkanes of at least 4 members (excludes halogenated alkanes) is 1. The van der Waals surface area contributed by atoms with E-state index in [0.717, 1.165) is 38.4 Å². The zero-order valence-corrected chi connectivity index (χ0v) is 12.2. The minimum atomic E-state index is 0.610. The number of aliphatic imine (C=N–C) groups is 1. The topological polar surface area (TPSA) is 53.6 Å². The van der Waals surface area contributed by atoms with Crippen LogP contribution in [0.2, 0.25) is 0 Å². The van der Waals surface area contributed by atoms with Crippen LogP contribution in [0.1, 0.15) is 47.5 Å². The SMILES string of the molecule is CCCCN=C(NN)N(CC(C)C)CC(C)C. The maximum Gasteiger partial charge on any atom is 0.208 e. The highest BCUT2D eigenvalue weighted by atomic mass is 15.4. The molecule has 0 unspecified atom stereocenters. The molecule has 0 fully saturated rings. The van der Waals surface area contributed by atoms with Crippen LogP contribution in [0.15, 0.2) is 4.99 Å². The van der Waals surface area contributed by atoms with Crippen molar-refractivity contribution < 1.29 is 0 Å². The fourth-order valence-corrected chi connectivity index (χ4v) is 1.71. The molecule has 0 rings (SSSR count). The van der Waals surface area contributed by atoms with E-state index in [1.54, 1.807) is 0 Å². The van der Waals surface area contributed by atoms with Crippen LogP contribution in [0.5, 0.6) is 0 Å².